The number of Topliss-reactive ketones (excluding diaryl/α,β-unsaturated/α-hetero) is 1. The molecule has 5 aliphatic rings. The quantitative estimate of drug-likeness (QED) is 0.853. The highest BCUT2D eigenvalue weighted by Gasteiger charge is 2.73. The first-order chi connectivity index (χ1) is 13.6. The van der Waals surface area contributed by atoms with E-state index in [-0.39, 0.29) is 17.9 Å². The van der Waals surface area contributed by atoms with Gasteiger partial charge in [0.25, 0.3) is 0 Å². The van der Waals surface area contributed by atoms with Gasteiger partial charge >= 0.3 is 0 Å². The molecule has 1 saturated carbocycles. The first kappa shape index (κ1) is 17.2. The van der Waals surface area contributed by atoms with Gasteiger partial charge in [-0.25, -0.2) is 0 Å². The largest absolute Gasteiger partial charge is 0.493 e. The van der Waals surface area contributed by atoms with Crippen molar-refractivity contribution in [2.24, 2.45) is 0 Å². The summed E-state index contributed by atoms with van der Waals surface area (Å²) in [6.07, 6.45) is 4.27. The second-order valence-corrected chi connectivity index (χ2v) is 9.09. The van der Waals surface area contributed by atoms with Gasteiger partial charge < -0.3 is 19.3 Å². The molecule has 3 heterocycles. The van der Waals surface area contributed by atoms with Gasteiger partial charge in [-0.3, -0.25) is 9.69 Å². The minimum atomic E-state index is -0.951. The Morgan fingerprint density at radius 3 is 3.04 bits per heavy atom. The molecule has 0 amide bonds. The lowest BCUT2D eigenvalue weighted by molar-refractivity contribution is -0.191. The third kappa shape index (κ3) is 1.91. The highest BCUT2D eigenvalue weighted by Crippen LogP contribution is 2.64. The molecule has 4 unspecified atom stereocenters. The maximum atomic E-state index is 12.9. The third-order valence-electron chi connectivity index (χ3n) is 8.04. The summed E-state index contributed by atoms with van der Waals surface area (Å²) in [4.78, 5) is 15.3. The number of hydrogen-bond acceptors (Lipinski definition) is 6. The second kappa shape index (κ2) is 5.71. The maximum absolute atomic E-state index is 12.9. The molecule has 1 spiro atoms. The molecule has 2 bridgehead atoms. The van der Waals surface area contributed by atoms with Crippen LogP contribution in [0.1, 0.15) is 43.2 Å². The molecule has 6 nitrogen and oxygen atoms in total. The Kier molecular flexibility index (Phi) is 3.52. The number of aliphatic hydroxyl groups is 1. The van der Waals surface area contributed by atoms with E-state index in [0.29, 0.717) is 24.3 Å². The van der Waals surface area contributed by atoms with Crippen molar-refractivity contribution >= 4 is 5.78 Å². The number of carbonyl (C=O) groups excluding carboxylic acids is 1. The van der Waals surface area contributed by atoms with Gasteiger partial charge in [-0.15, -0.1) is 0 Å². The lowest BCUT2D eigenvalue weighted by atomic mass is 9.49. The molecule has 3 fully saturated rings. The molecule has 2 saturated heterocycles. The van der Waals surface area contributed by atoms with E-state index in [4.69, 9.17) is 14.2 Å². The fraction of sp³-hybridized carbons (Fsp3) is 0.682. The number of ketones is 1. The van der Waals surface area contributed by atoms with Crippen LogP contribution in [0.3, 0.4) is 0 Å². The van der Waals surface area contributed by atoms with Crippen molar-refractivity contribution in [3.05, 3.63) is 23.3 Å². The maximum Gasteiger partial charge on any atom is 0.174 e. The molecule has 150 valence electrons. The van der Waals surface area contributed by atoms with E-state index in [1.807, 2.05) is 6.07 Å². The molecule has 2 aliphatic carbocycles. The van der Waals surface area contributed by atoms with Crippen molar-refractivity contribution < 1.29 is 24.1 Å². The molecule has 3 aliphatic heterocycles. The summed E-state index contributed by atoms with van der Waals surface area (Å²) < 4.78 is 17.7. The number of carbonyl (C=O) groups is 1. The minimum absolute atomic E-state index is 0.00325. The molecule has 0 aromatic heterocycles. The van der Waals surface area contributed by atoms with E-state index in [9.17, 15) is 9.90 Å². The molecule has 1 aromatic rings. The van der Waals surface area contributed by atoms with Gasteiger partial charge in [0.2, 0.25) is 0 Å². The van der Waals surface area contributed by atoms with Crippen LogP contribution in [0.25, 0.3) is 0 Å². The third-order valence-corrected chi connectivity index (χ3v) is 8.04. The molecule has 1 N–H and O–H groups in total. The average Bonchev–Trinajstić information content (AvgIpc) is 3.32. The zero-order valence-electron chi connectivity index (χ0n) is 16.3. The topological polar surface area (TPSA) is 68.2 Å². The van der Waals surface area contributed by atoms with Crippen LogP contribution < -0.4 is 9.47 Å². The van der Waals surface area contributed by atoms with Crippen LogP contribution >= 0.6 is 0 Å². The van der Waals surface area contributed by atoms with Crippen LogP contribution in [-0.2, 0) is 21.4 Å². The number of nitrogens with zero attached hydrogens (tertiary/aromatic N) is 1. The Balaban J connectivity index is 1.50. The van der Waals surface area contributed by atoms with Crippen molar-refractivity contribution in [2.75, 3.05) is 26.8 Å². The number of hydrogen-bond donors (Lipinski definition) is 1. The second-order valence-electron chi connectivity index (χ2n) is 9.09. The van der Waals surface area contributed by atoms with Crippen LogP contribution in [0.2, 0.25) is 0 Å². The van der Waals surface area contributed by atoms with E-state index < -0.39 is 17.1 Å². The lowest BCUT2D eigenvalue weighted by Gasteiger charge is -2.62. The summed E-state index contributed by atoms with van der Waals surface area (Å²) in [6.45, 7) is 2.56. The molecule has 6 rings (SSSR count). The Morgan fingerprint density at radius 2 is 2.25 bits per heavy atom. The van der Waals surface area contributed by atoms with Crippen LogP contribution in [-0.4, -0.2) is 66.4 Å². The van der Waals surface area contributed by atoms with Crippen molar-refractivity contribution in [1.82, 2.24) is 4.90 Å². The van der Waals surface area contributed by atoms with Gasteiger partial charge in [0.1, 0.15) is 0 Å². The lowest BCUT2D eigenvalue weighted by Crippen LogP contribution is -2.76. The fourth-order valence-corrected chi connectivity index (χ4v) is 6.83. The van der Waals surface area contributed by atoms with Crippen molar-refractivity contribution in [1.29, 1.82) is 0 Å². The van der Waals surface area contributed by atoms with Gasteiger partial charge in [0, 0.05) is 31.2 Å². The monoisotopic (exact) mass is 385 g/mol. The first-order valence-corrected chi connectivity index (χ1v) is 10.6. The molecule has 28 heavy (non-hydrogen) atoms. The molecule has 1 aromatic carbocycles. The smallest absolute Gasteiger partial charge is 0.174 e. The predicted molar refractivity (Wildman–Crippen MR) is 101 cm³/mol. The van der Waals surface area contributed by atoms with Gasteiger partial charge in [-0.05, 0) is 50.3 Å². The first-order valence-electron chi connectivity index (χ1n) is 10.6. The van der Waals surface area contributed by atoms with Crippen molar-refractivity contribution in [2.45, 2.75) is 67.8 Å². The van der Waals surface area contributed by atoms with E-state index in [2.05, 4.69) is 11.0 Å². The Morgan fingerprint density at radius 1 is 1.36 bits per heavy atom. The number of rotatable bonds is 3. The number of piperidine rings is 1. The molecular formula is C22H27NO5. The Bertz CT molecular complexity index is 850. The highest BCUT2D eigenvalue weighted by atomic mass is 16.5. The normalized spacial score (nSPS) is 40.9. The summed E-state index contributed by atoms with van der Waals surface area (Å²) in [5.41, 5.74) is 0.644. The van der Waals surface area contributed by atoms with E-state index >= 15 is 0 Å². The number of likely N-dealkylation sites (tertiary alicyclic amines) is 1. The summed E-state index contributed by atoms with van der Waals surface area (Å²) in [5.74, 6) is 1.46. The highest BCUT2D eigenvalue weighted by molar-refractivity contribution is 5.90. The molecular weight excluding hydrogens is 358 g/mol. The zero-order valence-corrected chi connectivity index (χ0v) is 16.3. The summed E-state index contributed by atoms with van der Waals surface area (Å²) in [5, 5.41) is 12.2. The van der Waals surface area contributed by atoms with Gasteiger partial charge in [-0.1, -0.05) is 6.07 Å². The molecule has 6 heteroatoms. The van der Waals surface area contributed by atoms with Gasteiger partial charge in [0.05, 0.1) is 24.2 Å². The van der Waals surface area contributed by atoms with E-state index in [1.54, 1.807) is 7.11 Å². The SMILES string of the molecule is COc1ccc2c3c1OC1C(=O)CCC4(O)[C@@H](C2)N(CC2CCCO2)CCC314. The predicted octanol–water partition coefficient (Wildman–Crippen LogP) is 1.60. The summed E-state index contributed by atoms with van der Waals surface area (Å²) in [7, 11) is 1.63. The Labute approximate surface area is 164 Å². The summed E-state index contributed by atoms with van der Waals surface area (Å²) in [6, 6.07) is 4.04. The fourth-order valence-electron chi connectivity index (χ4n) is 6.83. The van der Waals surface area contributed by atoms with Crippen molar-refractivity contribution in [3.63, 3.8) is 0 Å². The van der Waals surface area contributed by atoms with Crippen LogP contribution in [0.4, 0.5) is 0 Å². The molecule has 5 atom stereocenters. The number of ether oxygens (including phenoxy) is 3. The van der Waals surface area contributed by atoms with Crippen LogP contribution in [0.15, 0.2) is 12.1 Å². The average molecular weight is 385 g/mol. The van der Waals surface area contributed by atoms with Gasteiger partial charge in [0.15, 0.2) is 23.4 Å². The minimum Gasteiger partial charge on any atom is -0.493 e. The van der Waals surface area contributed by atoms with Crippen LogP contribution in [0, 0.1) is 0 Å². The molecule has 0 radical (unpaired) electrons. The summed E-state index contributed by atoms with van der Waals surface area (Å²) >= 11 is 0. The Hall–Kier alpha value is -1.63. The standard InChI is InChI=1S/C22H27NO5/c1-26-16-5-4-13-11-17-22(25)7-6-15(24)20-21(22,18(13)19(16)28-20)8-9-23(17)12-14-3-2-10-27-14/h4-5,14,17,20,25H,2-3,6-12H2,1H3/t14?,17-,20?,21?,22?/m1/s1. The number of methoxy groups -OCH3 is 1. The van der Waals surface area contributed by atoms with Crippen molar-refractivity contribution in [3.8, 4) is 11.5 Å². The van der Waals surface area contributed by atoms with Gasteiger partial charge in [-0.2, -0.15) is 0 Å². The van der Waals surface area contributed by atoms with E-state index in [1.165, 1.54) is 5.56 Å². The number of benzene rings is 1. The zero-order chi connectivity index (χ0) is 19.1. The van der Waals surface area contributed by atoms with Crippen LogP contribution in [0.5, 0.6) is 11.5 Å². The van der Waals surface area contributed by atoms with E-state index in [0.717, 1.165) is 50.9 Å².